The summed E-state index contributed by atoms with van der Waals surface area (Å²) < 4.78 is 13.3. The highest BCUT2D eigenvalue weighted by molar-refractivity contribution is 5.83. The Kier molecular flexibility index (Phi) is 7.06. The Hall–Kier alpha value is -2.61. The summed E-state index contributed by atoms with van der Waals surface area (Å²) in [6.07, 6.45) is 6.13. The lowest BCUT2D eigenvalue weighted by atomic mass is 9.84. The number of benzene rings is 1. The molecule has 2 aromatic rings. The first kappa shape index (κ1) is 21.6. The number of rotatable bonds is 7. The van der Waals surface area contributed by atoms with Crippen molar-refractivity contribution in [3.8, 4) is 0 Å². The van der Waals surface area contributed by atoms with Crippen LogP contribution in [0.4, 0.5) is 4.39 Å². The number of aromatic amines is 1. The number of aromatic nitrogens is 1. The summed E-state index contributed by atoms with van der Waals surface area (Å²) >= 11 is 0. The van der Waals surface area contributed by atoms with Crippen molar-refractivity contribution in [1.29, 1.82) is 0 Å². The van der Waals surface area contributed by atoms with Crippen molar-refractivity contribution < 1.29 is 9.18 Å². The van der Waals surface area contributed by atoms with Crippen molar-refractivity contribution in [2.75, 3.05) is 52.9 Å². The van der Waals surface area contributed by atoms with Crippen LogP contribution >= 0.6 is 0 Å². The van der Waals surface area contributed by atoms with Gasteiger partial charge in [-0.2, -0.15) is 0 Å². The number of aliphatic imine (C=N–C) groups is 1. The van der Waals surface area contributed by atoms with Crippen molar-refractivity contribution in [3.05, 3.63) is 35.8 Å². The van der Waals surface area contributed by atoms with Gasteiger partial charge in [0, 0.05) is 75.9 Å². The normalized spacial score (nSPS) is 18.3. The van der Waals surface area contributed by atoms with E-state index in [1.807, 2.05) is 17.2 Å². The molecule has 1 aromatic heterocycles. The van der Waals surface area contributed by atoms with Crippen LogP contribution in [0.1, 0.15) is 24.8 Å². The first-order chi connectivity index (χ1) is 15.1. The number of nitrogens with one attached hydrogen (secondary N) is 3. The summed E-state index contributed by atoms with van der Waals surface area (Å²) in [5.74, 6) is 1.22. The monoisotopic (exact) mass is 428 g/mol. The number of H-pyrrole nitrogens is 1. The van der Waals surface area contributed by atoms with Gasteiger partial charge in [-0.05, 0) is 43.0 Å². The summed E-state index contributed by atoms with van der Waals surface area (Å²) in [7, 11) is 1.77. The van der Waals surface area contributed by atoms with Crippen molar-refractivity contribution in [2.24, 2.45) is 10.9 Å². The molecule has 1 saturated carbocycles. The van der Waals surface area contributed by atoms with E-state index in [-0.39, 0.29) is 5.82 Å². The molecule has 2 fully saturated rings. The third-order valence-corrected chi connectivity index (χ3v) is 6.50. The lowest BCUT2D eigenvalue weighted by Gasteiger charge is -2.38. The van der Waals surface area contributed by atoms with Crippen molar-refractivity contribution in [2.45, 2.75) is 25.7 Å². The van der Waals surface area contributed by atoms with Crippen LogP contribution in [0.15, 0.2) is 29.4 Å². The molecule has 1 aliphatic heterocycles. The van der Waals surface area contributed by atoms with E-state index in [0.29, 0.717) is 11.8 Å². The van der Waals surface area contributed by atoms with Crippen molar-refractivity contribution in [1.82, 2.24) is 25.4 Å². The fraction of sp³-hybridized carbons (Fsp3) is 0.565. The zero-order chi connectivity index (χ0) is 21.6. The van der Waals surface area contributed by atoms with Crippen LogP contribution in [0.2, 0.25) is 0 Å². The van der Waals surface area contributed by atoms with E-state index in [4.69, 9.17) is 0 Å². The molecule has 0 unspecified atom stereocenters. The number of guanidine groups is 1. The first-order valence-electron chi connectivity index (χ1n) is 11.3. The van der Waals surface area contributed by atoms with Crippen LogP contribution in [0, 0.1) is 11.7 Å². The maximum absolute atomic E-state index is 13.3. The lowest BCUT2D eigenvalue weighted by molar-refractivity contribution is -0.139. The fourth-order valence-corrected chi connectivity index (χ4v) is 4.34. The number of amides is 1. The minimum absolute atomic E-state index is 0.227. The molecular formula is C23H33FN6O. The second-order valence-electron chi connectivity index (χ2n) is 8.47. The second-order valence-corrected chi connectivity index (χ2v) is 8.47. The van der Waals surface area contributed by atoms with E-state index in [0.717, 1.165) is 87.5 Å². The molecule has 31 heavy (non-hydrogen) atoms. The number of nitrogens with zero attached hydrogens (tertiary/aromatic N) is 3. The molecule has 0 bridgehead atoms. The molecule has 7 nitrogen and oxygen atoms in total. The smallest absolute Gasteiger partial charge is 0.225 e. The van der Waals surface area contributed by atoms with Gasteiger partial charge in [0.2, 0.25) is 5.91 Å². The number of hydrogen-bond donors (Lipinski definition) is 3. The molecular weight excluding hydrogens is 395 g/mol. The molecule has 1 aromatic carbocycles. The summed E-state index contributed by atoms with van der Waals surface area (Å²) in [5, 5.41) is 7.78. The van der Waals surface area contributed by atoms with Gasteiger partial charge in [0.15, 0.2) is 5.96 Å². The Morgan fingerprint density at radius 3 is 2.68 bits per heavy atom. The highest BCUT2D eigenvalue weighted by Gasteiger charge is 2.30. The fourth-order valence-electron chi connectivity index (χ4n) is 4.34. The highest BCUT2D eigenvalue weighted by atomic mass is 19.1. The van der Waals surface area contributed by atoms with Gasteiger partial charge in [-0.1, -0.05) is 6.42 Å². The average molecular weight is 429 g/mol. The number of fused-ring (bicyclic) bond motifs is 1. The second kappa shape index (κ2) is 10.1. The third-order valence-electron chi connectivity index (χ3n) is 6.50. The molecule has 1 saturated heterocycles. The summed E-state index contributed by atoms with van der Waals surface area (Å²) in [5.41, 5.74) is 1.99. The Labute approximate surface area is 183 Å². The van der Waals surface area contributed by atoms with Crippen LogP contribution in [-0.2, 0) is 11.2 Å². The van der Waals surface area contributed by atoms with E-state index < -0.39 is 0 Å². The van der Waals surface area contributed by atoms with Gasteiger partial charge in [-0.15, -0.1) is 0 Å². The number of hydrogen-bond acceptors (Lipinski definition) is 3. The Balaban J connectivity index is 1.14. The Morgan fingerprint density at radius 1 is 1.19 bits per heavy atom. The number of halogens is 1. The number of carbonyl (C=O) groups is 1. The van der Waals surface area contributed by atoms with Crippen LogP contribution in [0.3, 0.4) is 0 Å². The third kappa shape index (κ3) is 5.36. The summed E-state index contributed by atoms with van der Waals surface area (Å²) in [6, 6.07) is 4.84. The molecule has 4 rings (SSSR count). The topological polar surface area (TPSA) is 75.8 Å². The Morgan fingerprint density at radius 2 is 1.97 bits per heavy atom. The van der Waals surface area contributed by atoms with E-state index in [1.165, 1.54) is 18.6 Å². The highest BCUT2D eigenvalue weighted by Crippen LogP contribution is 2.28. The molecule has 168 valence electrons. The SMILES string of the molecule is CN=C(NCCc1c[nH]c2cc(F)ccc12)NCCN1CCN(C(=O)C2CCC2)CC1. The molecule has 8 heteroatoms. The lowest BCUT2D eigenvalue weighted by Crippen LogP contribution is -2.52. The zero-order valence-electron chi connectivity index (χ0n) is 18.3. The molecule has 2 aliphatic rings. The van der Waals surface area contributed by atoms with E-state index in [2.05, 4.69) is 25.5 Å². The quantitative estimate of drug-likeness (QED) is 0.466. The maximum atomic E-state index is 13.3. The molecule has 3 N–H and O–H groups in total. The maximum Gasteiger partial charge on any atom is 0.225 e. The van der Waals surface area contributed by atoms with Crippen molar-refractivity contribution >= 4 is 22.8 Å². The predicted molar refractivity (Wildman–Crippen MR) is 122 cm³/mol. The molecule has 0 atom stereocenters. The minimum Gasteiger partial charge on any atom is -0.361 e. The van der Waals surface area contributed by atoms with Crippen LogP contribution in [0.5, 0.6) is 0 Å². The Bertz CT molecular complexity index is 914. The molecule has 0 spiro atoms. The first-order valence-corrected chi connectivity index (χ1v) is 11.3. The molecule has 1 amide bonds. The molecule has 0 radical (unpaired) electrons. The van der Waals surface area contributed by atoms with Gasteiger partial charge >= 0.3 is 0 Å². The van der Waals surface area contributed by atoms with E-state index in [1.54, 1.807) is 7.05 Å². The van der Waals surface area contributed by atoms with Gasteiger partial charge in [-0.25, -0.2) is 4.39 Å². The largest absolute Gasteiger partial charge is 0.361 e. The van der Waals surface area contributed by atoms with Gasteiger partial charge in [0.05, 0.1) is 0 Å². The zero-order valence-corrected chi connectivity index (χ0v) is 18.3. The van der Waals surface area contributed by atoms with Gasteiger partial charge in [0.1, 0.15) is 5.82 Å². The standard InChI is InChI=1S/C23H33FN6O/c1-25-23(26-8-7-18-16-28-21-15-19(24)5-6-20(18)21)27-9-10-29-11-13-30(14-12-29)22(31)17-3-2-4-17/h5-6,15-17,28H,2-4,7-14H2,1H3,(H2,25,26,27). The van der Waals surface area contributed by atoms with Gasteiger partial charge < -0.3 is 20.5 Å². The predicted octanol–water partition coefficient (Wildman–Crippen LogP) is 1.96. The summed E-state index contributed by atoms with van der Waals surface area (Å²) in [6.45, 7) is 6.04. The summed E-state index contributed by atoms with van der Waals surface area (Å²) in [4.78, 5) is 24.2. The van der Waals surface area contributed by atoms with Crippen molar-refractivity contribution in [3.63, 3.8) is 0 Å². The van der Waals surface area contributed by atoms with E-state index in [9.17, 15) is 9.18 Å². The molecule has 1 aliphatic carbocycles. The van der Waals surface area contributed by atoms with Crippen LogP contribution in [0.25, 0.3) is 10.9 Å². The average Bonchev–Trinajstić information content (AvgIpc) is 3.13. The minimum atomic E-state index is -0.227. The van der Waals surface area contributed by atoms with Gasteiger partial charge in [-0.3, -0.25) is 14.7 Å². The van der Waals surface area contributed by atoms with Gasteiger partial charge in [0.25, 0.3) is 0 Å². The molecule has 2 heterocycles. The van der Waals surface area contributed by atoms with Crippen LogP contribution < -0.4 is 10.6 Å². The van der Waals surface area contributed by atoms with E-state index >= 15 is 0 Å². The van der Waals surface area contributed by atoms with Crippen LogP contribution in [-0.4, -0.2) is 79.5 Å². The number of piperazine rings is 1. The number of carbonyl (C=O) groups excluding carboxylic acids is 1.